The van der Waals surface area contributed by atoms with Gasteiger partial charge in [0.1, 0.15) is 18.1 Å². The molecule has 1 aliphatic heterocycles. The molecule has 0 unspecified atom stereocenters. The first-order valence-electron chi connectivity index (χ1n) is 9.59. The van der Waals surface area contributed by atoms with Gasteiger partial charge in [0, 0.05) is 46.4 Å². The Bertz CT molecular complexity index is 1320. The molecule has 5 heteroatoms. The number of carbonyl (C=O) groups excluding carboxylic acids is 1. The number of hydrogen-bond donors (Lipinski definition) is 0. The lowest BCUT2D eigenvalue weighted by molar-refractivity contribution is 0.101. The summed E-state index contributed by atoms with van der Waals surface area (Å²) in [5.41, 5.74) is 3.47. The van der Waals surface area contributed by atoms with Crippen LogP contribution in [0.4, 0.5) is 0 Å². The van der Waals surface area contributed by atoms with Crippen molar-refractivity contribution in [3.63, 3.8) is 0 Å². The lowest BCUT2D eigenvalue weighted by Crippen LogP contribution is -1.98. The van der Waals surface area contributed by atoms with E-state index >= 15 is 0 Å². The molecule has 0 radical (unpaired) electrons. The van der Waals surface area contributed by atoms with Crippen LogP contribution in [0.2, 0.25) is 5.02 Å². The molecule has 0 spiro atoms. The van der Waals surface area contributed by atoms with Gasteiger partial charge in [0.2, 0.25) is 5.78 Å². The zero-order chi connectivity index (χ0) is 20.7. The highest BCUT2D eigenvalue weighted by atomic mass is 35.5. The zero-order valence-electron chi connectivity index (χ0n) is 16.3. The van der Waals surface area contributed by atoms with Gasteiger partial charge in [-0.3, -0.25) is 4.79 Å². The van der Waals surface area contributed by atoms with Gasteiger partial charge in [-0.2, -0.15) is 0 Å². The number of aryl methyl sites for hydroxylation is 1. The Labute approximate surface area is 178 Å². The molecule has 1 aliphatic rings. The molecule has 3 aromatic carbocycles. The van der Waals surface area contributed by atoms with E-state index in [9.17, 15) is 4.79 Å². The van der Waals surface area contributed by atoms with Crippen LogP contribution in [-0.2, 0) is 13.7 Å². The highest BCUT2D eigenvalue weighted by Crippen LogP contribution is 2.36. The highest BCUT2D eigenvalue weighted by Gasteiger charge is 2.28. The van der Waals surface area contributed by atoms with Gasteiger partial charge in [0.05, 0.1) is 5.56 Å². The van der Waals surface area contributed by atoms with E-state index in [0.29, 0.717) is 34.5 Å². The summed E-state index contributed by atoms with van der Waals surface area (Å²) in [5, 5.41) is 1.73. The topological polar surface area (TPSA) is 40.5 Å². The van der Waals surface area contributed by atoms with Crippen molar-refractivity contribution in [2.24, 2.45) is 7.05 Å². The largest absolute Gasteiger partial charge is 0.489 e. The second-order valence-electron chi connectivity index (χ2n) is 7.19. The van der Waals surface area contributed by atoms with E-state index in [4.69, 9.17) is 21.1 Å². The van der Waals surface area contributed by atoms with Gasteiger partial charge in [-0.25, -0.2) is 0 Å². The van der Waals surface area contributed by atoms with Crippen molar-refractivity contribution in [1.29, 1.82) is 0 Å². The minimum atomic E-state index is -0.129. The van der Waals surface area contributed by atoms with Gasteiger partial charge in [-0.05, 0) is 30.3 Å². The summed E-state index contributed by atoms with van der Waals surface area (Å²) in [7, 11) is 1.99. The zero-order valence-corrected chi connectivity index (χ0v) is 17.0. The molecule has 148 valence electrons. The van der Waals surface area contributed by atoms with E-state index in [2.05, 4.69) is 0 Å². The molecular weight excluding hydrogens is 398 g/mol. The molecule has 0 N–H and O–H groups in total. The Morgan fingerprint density at radius 3 is 2.73 bits per heavy atom. The molecule has 5 rings (SSSR count). The van der Waals surface area contributed by atoms with Crippen LogP contribution in [0.1, 0.15) is 21.5 Å². The Kier molecular flexibility index (Phi) is 4.57. The minimum absolute atomic E-state index is 0.129. The normalized spacial score (nSPS) is 14.2. The number of para-hydroxylation sites is 1. The minimum Gasteiger partial charge on any atom is -0.489 e. The van der Waals surface area contributed by atoms with Crippen molar-refractivity contribution in [3.05, 3.63) is 100 Å². The number of fused-ring (bicyclic) bond motifs is 2. The number of Topliss-reactive ketones (excluding diaryl/α,β-unsaturated/α-hetero) is 1. The summed E-state index contributed by atoms with van der Waals surface area (Å²) in [6.45, 7) is 0.338. The van der Waals surface area contributed by atoms with Crippen LogP contribution in [0.3, 0.4) is 0 Å². The van der Waals surface area contributed by atoms with E-state index in [-0.39, 0.29) is 5.78 Å². The number of allylic oxidation sites excluding steroid dienone is 1. The lowest BCUT2D eigenvalue weighted by atomic mass is 10.1. The fraction of sp³-hybridized carbons (Fsp3) is 0.0800. The molecule has 4 aromatic rings. The molecule has 0 saturated heterocycles. The number of benzene rings is 3. The molecule has 2 heterocycles. The summed E-state index contributed by atoms with van der Waals surface area (Å²) in [6.07, 6.45) is 3.80. The number of rotatable bonds is 4. The third-order valence-corrected chi connectivity index (χ3v) is 5.58. The molecule has 0 amide bonds. The quantitative estimate of drug-likeness (QED) is 0.382. The number of aromatic nitrogens is 1. The monoisotopic (exact) mass is 415 g/mol. The first-order valence-corrected chi connectivity index (χ1v) is 9.96. The van der Waals surface area contributed by atoms with Crippen molar-refractivity contribution in [3.8, 4) is 11.5 Å². The molecule has 0 saturated carbocycles. The summed E-state index contributed by atoms with van der Waals surface area (Å²) >= 11 is 6.18. The average molecular weight is 416 g/mol. The Morgan fingerprint density at radius 2 is 1.87 bits per heavy atom. The van der Waals surface area contributed by atoms with E-state index in [1.54, 1.807) is 24.3 Å². The first kappa shape index (κ1) is 18.5. The maximum Gasteiger partial charge on any atom is 0.231 e. The summed E-state index contributed by atoms with van der Waals surface area (Å²) in [5.74, 6) is 1.30. The maximum atomic E-state index is 12.8. The Morgan fingerprint density at radius 1 is 1.07 bits per heavy atom. The van der Waals surface area contributed by atoms with Gasteiger partial charge >= 0.3 is 0 Å². The van der Waals surface area contributed by atoms with Crippen molar-refractivity contribution >= 4 is 34.4 Å². The molecule has 1 aromatic heterocycles. The van der Waals surface area contributed by atoms with Crippen LogP contribution in [0.25, 0.3) is 17.0 Å². The predicted octanol–water partition coefficient (Wildman–Crippen LogP) is 6.03. The molecule has 0 fully saturated rings. The third-order valence-electron chi connectivity index (χ3n) is 5.21. The lowest BCUT2D eigenvalue weighted by Gasteiger charge is -2.08. The van der Waals surface area contributed by atoms with Crippen LogP contribution in [0.15, 0.2) is 78.7 Å². The van der Waals surface area contributed by atoms with Crippen LogP contribution >= 0.6 is 11.6 Å². The number of ketones is 1. The standard InChI is InChI=1S/C25H18ClNO3/c1-27-14-17(19-7-3-5-9-22(19)27)12-24-25(28)20-11-10-18(13-23(20)30-24)29-15-16-6-2-4-8-21(16)26/h2-14H,15H2,1H3. The Balaban J connectivity index is 1.40. The smallest absolute Gasteiger partial charge is 0.231 e. The van der Waals surface area contributed by atoms with Gasteiger partial charge in [0.15, 0.2) is 5.76 Å². The van der Waals surface area contributed by atoms with Gasteiger partial charge in [-0.1, -0.05) is 48.0 Å². The SMILES string of the molecule is Cn1cc(C=C2Oc3cc(OCc4ccccc4Cl)ccc3C2=O)c2ccccc21. The van der Waals surface area contributed by atoms with Crippen molar-refractivity contribution in [1.82, 2.24) is 4.57 Å². The molecule has 30 heavy (non-hydrogen) atoms. The predicted molar refractivity (Wildman–Crippen MR) is 118 cm³/mol. The van der Waals surface area contributed by atoms with Gasteiger partial charge in [0.25, 0.3) is 0 Å². The van der Waals surface area contributed by atoms with Crippen molar-refractivity contribution in [2.45, 2.75) is 6.61 Å². The fourth-order valence-electron chi connectivity index (χ4n) is 3.66. The van der Waals surface area contributed by atoms with Gasteiger partial charge in [-0.15, -0.1) is 0 Å². The second-order valence-corrected chi connectivity index (χ2v) is 7.60. The summed E-state index contributed by atoms with van der Waals surface area (Å²) in [6, 6.07) is 20.9. The number of hydrogen-bond acceptors (Lipinski definition) is 3. The van der Waals surface area contributed by atoms with Gasteiger partial charge < -0.3 is 14.0 Å². The van der Waals surface area contributed by atoms with E-state index in [0.717, 1.165) is 22.0 Å². The number of nitrogens with zero attached hydrogens (tertiary/aromatic N) is 1. The van der Waals surface area contributed by atoms with Crippen LogP contribution in [0.5, 0.6) is 11.5 Å². The second kappa shape index (κ2) is 7.39. The van der Waals surface area contributed by atoms with Crippen LogP contribution < -0.4 is 9.47 Å². The van der Waals surface area contributed by atoms with Crippen molar-refractivity contribution < 1.29 is 14.3 Å². The van der Waals surface area contributed by atoms with E-state index < -0.39 is 0 Å². The molecule has 0 bridgehead atoms. The van der Waals surface area contributed by atoms with Crippen molar-refractivity contribution in [2.75, 3.05) is 0 Å². The van der Waals surface area contributed by atoms with Crippen LogP contribution in [-0.4, -0.2) is 10.4 Å². The molecule has 0 aliphatic carbocycles. The summed E-state index contributed by atoms with van der Waals surface area (Å²) in [4.78, 5) is 12.8. The molecular formula is C25H18ClNO3. The number of halogens is 1. The first-order chi connectivity index (χ1) is 14.6. The van der Waals surface area contributed by atoms with E-state index in [1.807, 2.05) is 66.3 Å². The van der Waals surface area contributed by atoms with E-state index in [1.165, 1.54) is 0 Å². The van der Waals surface area contributed by atoms with Crippen LogP contribution in [0, 0.1) is 0 Å². The number of ether oxygens (including phenoxy) is 2. The average Bonchev–Trinajstić information content (AvgIpc) is 3.24. The number of carbonyl (C=O) groups is 1. The maximum absolute atomic E-state index is 12.8. The highest BCUT2D eigenvalue weighted by molar-refractivity contribution is 6.31. The molecule has 0 atom stereocenters. The molecule has 4 nitrogen and oxygen atoms in total. The summed E-state index contributed by atoms with van der Waals surface area (Å²) < 4.78 is 13.8. The Hall–Kier alpha value is -3.50. The fourth-order valence-corrected chi connectivity index (χ4v) is 3.85. The third kappa shape index (κ3) is 3.25.